The Kier molecular flexibility index (Phi) is 5.36. The van der Waals surface area contributed by atoms with Crippen LogP contribution in [0.25, 0.3) is 20.9 Å². The van der Waals surface area contributed by atoms with E-state index in [2.05, 4.69) is 25.0 Å². The summed E-state index contributed by atoms with van der Waals surface area (Å²) in [5.41, 5.74) is 20.8. The van der Waals surface area contributed by atoms with Gasteiger partial charge in [-0.2, -0.15) is 0 Å². The van der Waals surface area contributed by atoms with Crippen LogP contribution in [0.15, 0.2) is 63.8 Å². The molecule has 0 aliphatic rings. The lowest BCUT2D eigenvalue weighted by atomic mass is 10.1. The molecule has 0 bridgehead atoms. The molecule has 0 aliphatic heterocycles. The number of benzene rings is 2. The van der Waals surface area contributed by atoms with Gasteiger partial charge < -0.3 is 0 Å². The van der Waals surface area contributed by atoms with Gasteiger partial charge >= 0.3 is 0 Å². The van der Waals surface area contributed by atoms with E-state index in [1.54, 1.807) is 18.2 Å². The number of aliphatic imine (C=N–C) groups is 1. The van der Waals surface area contributed by atoms with Crippen LogP contribution in [-0.2, 0) is 0 Å². The third kappa shape index (κ3) is 3.89. The Labute approximate surface area is 133 Å². The van der Waals surface area contributed by atoms with Gasteiger partial charge in [-0.15, -0.1) is 0 Å². The molecule has 0 saturated heterocycles. The molecule has 0 heterocycles. The fourth-order valence-electron chi connectivity index (χ4n) is 2.32. The quantitative estimate of drug-likeness (QED) is 0.273. The first-order valence-electron chi connectivity index (χ1n) is 7.00. The highest BCUT2D eigenvalue weighted by Gasteiger charge is 2.10. The molecule has 0 fully saturated rings. The van der Waals surface area contributed by atoms with Crippen molar-refractivity contribution >= 4 is 17.1 Å². The first-order chi connectivity index (χ1) is 11.2. The van der Waals surface area contributed by atoms with Gasteiger partial charge in [-0.05, 0) is 30.5 Å². The van der Waals surface area contributed by atoms with Crippen molar-refractivity contribution in [3.8, 4) is 0 Å². The highest BCUT2D eigenvalue weighted by Crippen LogP contribution is 2.29. The Morgan fingerprint density at radius 1 is 0.913 bits per heavy atom. The average molecular weight is 305 g/mol. The van der Waals surface area contributed by atoms with E-state index in [9.17, 15) is 0 Å². The number of hydrogen-bond donors (Lipinski definition) is 0. The predicted molar refractivity (Wildman–Crippen MR) is 91.1 cm³/mol. The van der Waals surface area contributed by atoms with Crippen LogP contribution in [0.5, 0.6) is 0 Å². The highest BCUT2D eigenvalue weighted by molar-refractivity contribution is 6.03. The molecule has 0 radical (unpaired) electrons. The molecule has 0 aliphatic carbocycles. The molecular weight excluding hydrogens is 290 g/mol. The van der Waals surface area contributed by atoms with E-state index >= 15 is 0 Å². The summed E-state index contributed by atoms with van der Waals surface area (Å²) in [5, 5.41) is 7.39. The molecule has 114 valence electrons. The highest BCUT2D eigenvalue weighted by atomic mass is 15.1. The first-order valence-corrected chi connectivity index (χ1v) is 7.00. The average Bonchev–Trinajstić information content (AvgIpc) is 2.56. The lowest BCUT2D eigenvalue weighted by Gasteiger charge is -2.12. The molecule has 0 amide bonds. The second kappa shape index (κ2) is 7.66. The van der Waals surface area contributed by atoms with E-state index in [0.29, 0.717) is 11.4 Å². The first kappa shape index (κ1) is 16.1. The van der Waals surface area contributed by atoms with Crippen LogP contribution in [0.3, 0.4) is 0 Å². The fraction of sp³-hybridized carbons (Fsp3) is 0.188. The lowest BCUT2D eigenvalue weighted by Crippen LogP contribution is -1.99. The summed E-state index contributed by atoms with van der Waals surface area (Å²) in [7, 11) is 0. The maximum absolute atomic E-state index is 8.66. The summed E-state index contributed by atoms with van der Waals surface area (Å²) in [5.74, 6) is 0. The minimum Gasteiger partial charge on any atom is -0.282 e. The van der Waals surface area contributed by atoms with Crippen molar-refractivity contribution in [3.05, 3.63) is 80.5 Å². The van der Waals surface area contributed by atoms with Crippen LogP contribution in [0.4, 0.5) is 11.4 Å². The zero-order valence-corrected chi connectivity index (χ0v) is 12.8. The number of rotatable bonds is 5. The van der Waals surface area contributed by atoms with Crippen LogP contribution >= 0.6 is 0 Å². The van der Waals surface area contributed by atoms with Crippen LogP contribution in [0.1, 0.15) is 31.0 Å². The Morgan fingerprint density at radius 2 is 1.48 bits per heavy atom. The number of azide groups is 2. The van der Waals surface area contributed by atoms with E-state index in [4.69, 9.17) is 11.1 Å². The van der Waals surface area contributed by atoms with Gasteiger partial charge in [-0.1, -0.05) is 58.8 Å². The maximum Gasteiger partial charge on any atom is 0.0728 e. The van der Waals surface area contributed by atoms with E-state index in [1.807, 2.05) is 44.2 Å². The smallest absolute Gasteiger partial charge is 0.0728 e. The van der Waals surface area contributed by atoms with Gasteiger partial charge in [0, 0.05) is 32.5 Å². The minimum absolute atomic E-state index is 0.198. The van der Waals surface area contributed by atoms with Crippen LogP contribution in [0.2, 0.25) is 0 Å². The van der Waals surface area contributed by atoms with Gasteiger partial charge in [0.25, 0.3) is 0 Å². The van der Waals surface area contributed by atoms with Crippen molar-refractivity contribution in [2.24, 2.45) is 15.2 Å². The topological polar surface area (TPSA) is 110 Å². The van der Waals surface area contributed by atoms with Gasteiger partial charge in [0.1, 0.15) is 0 Å². The van der Waals surface area contributed by atoms with Crippen LogP contribution < -0.4 is 0 Å². The van der Waals surface area contributed by atoms with Crippen LogP contribution in [0, 0.1) is 0 Å². The molecule has 0 aromatic heterocycles. The zero-order valence-electron chi connectivity index (χ0n) is 12.8. The molecule has 0 N–H and O–H groups in total. The molecule has 2 rings (SSSR count). The zero-order chi connectivity index (χ0) is 16.7. The molecule has 7 nitrogen and oxygen atoms in total. The molecule has 0 saturated carbocycles. The second-order valence-corrected chi connectivity index (χ2v) is 4.85. The van der Waals surface area contributed by atoms with Crippen LogP contribution in [-0.4, -0.2) is 5.71 Å². The summed E-state index contributed by atoms with van der Waals surface area (Å²) in [6, 6.07) is 14.4. The van der Waals surface area contributed by atoms with Gasteiger partial charge in [0.05, 0.1) is 6.04 Å². The summed E-state index contributed by atoms with van der Waals surface area (Å²) >= 11 is 0. The third-order valence-electron chi connectivity index (χ3n) is 3.37. The van der Waals surface area contributed by atoms with Crippen molar-refractivity contribution in [2.75, 3.05) is 0 Å². The summed E-state index contributed by atoms with van der Waals surface area (Å²) < 4.78 is 0. The van der Waals surface area contributed by atoms with E-state index in [-0.39, 0.29) is 6.04 Å². The fourth-order valence-corrected chi connectivity index (χ4v) is 2.32. The minimum atomic E-state index is -0.198. The van der Waals surface area contributed by atoms with Crippen molar-refractivity contribution in [1.29, 1.82) is 0 Å². The van der Waals surface area contributed by atoms with Crippen molar-refractivity contribution in [3.63, 3.8) is 0 Å². The molecule has 0 spiro atoms. The van der Waals surface area contributed by atoms with E-state index in [0.717, 1.165) is 16.8 Å². The maximum atomic E-state index is 8.66. The molecule has 23 heavy (non-hydrogen) atoms. The number of nitrogens with zero attached hydrogens (tertiary/aromatic N) is 7. The summed E-state index contributed by atoms with van der Waals surface area (Å²) in [6.07, 6.45) is 0. The molecule has 2 aromatic rings. The number of hydrogen-bond acceptors (Lipinski definition) is 3. The monoisotopic (exact) mass is 305 g/mol. The third-order valence-corrected chi connectivity index (χ3v) is 3.37. The van der Waals surface area contributed by atoms with Gasteiger partial charge in [-0.25, -0.2) is 0 Å². The van der Waals surface area contributed by atoms with Gasteiger partial charge in [0.15, 0.2) is 0 Å². The SMILES string of the molecule is CC(=NC(C)c1ccccc1N=[N+]=[N-])c1ccccc1N=[N+]=[N-]. The van der Waals surface area contributed by atoms with Crippen molar-refractivity contribution in [2.45, 2.75) is 19.9 Å². The molecule has 7 heteroatoms. The molecule has 1 atom stereocenters. The van der Waals surface area contributed by atoms with E-state index in [1.165, 1.54) is 0 Å². The Bertz CT molecular complexity index is 828. The lowest BCUT2D eigenvalue weighted by molar-refractivity contribution is 0.820. The van der Waals surface area contributed by atoms with E-state index < -0.39 is 0 Å². The largest absolute Gasteiger partial charge is 0.282 e. The van der Waals surface area contributed by atoms with Crippen molar-refractivity contribution < 1.29 is 0 Å². The van der Waals surface area contributed by atoms with Gasteiger partial charge in [0.2, 0.25) is 0 Å². The predicted octanol–water partition coefficient (Wildman–Crippen LogP) is 6.14. The Balaban J connectivity index is 2.42. The molecule has 1 unspecified atom stereocenters. The molecular formula is C16H15N7. The Hall–Kier alpha value is -3.27. The second-order valence-electron chi connectivity index (χ2n) is 4.85. The summed E-state index contributed by atoms with van der Waals surface area (Å²) in [6.45, 7) is 3.78. The summed E-state index contributed by atoms with van der Waals surface area (Å²) in [4.78, 5) is 10.3. The van der Waals surface area contributed by atoms with Gasteiger partial charge in [-0.3, -0.25) is 4.99 Å². The Morgan fingerprint density at radius 3 is 2.17 bits per heavy atom. The standard InChI is InChI=1S/C16H15N7/c1-11(13-7-3-5-9-15(13)20-22-17)19-12(2)14-8-4-6-10-16(14)21-23-18/h3-11H,1-2H3. The molecule has 2 aromatic carbocycles. The normalized spacial score (nSPS) is 12.0. The van der Waals surface area contributed by atoms with Crippen molar-refractivity contribution in [1.82, 2.24) is 0 Å².